The van der Waals surface area contributed by atoms with Crippen molar-refractivity contribution in [1.82, 2.24) is 19.9 Å². The maximum absolute atomic E-state index is 10.4. The zero-order chi connectivity index (χ0) is 15.7. The van der Waals surface area contributed by atoms with Crippen LogP contribution in [0.25, 0.3) is 11.0 Å². The van der Waals surface area contributed by atoms with Crippen molar-refractivity contribution < 1.29 is 5.11 Å². The topological polar surface area (TPSA) is 91.1 Å². The number of nitrogen functional groups attached to an aromatic ring is 1. The van der Waals surface area contributed by atoms with Gasteiger partial charge in [0, 0.05) is 37.3 Å². The van der Waals surface area contributed by atoms with Crippen LogP contribution in [0.2, 0.25) is 0 Å². The molecule has 2 atom stereocenters. The molecule has 2 unspecified atom stereocenters. The van der Waals surface area contributed by atoms with Gasteiger partial charge in [0.2, 0.25) is 0 Å². The molecule has 1 fully saturated rings. The fraction of sp³-hybridized carbons (Fsp3) is 0.625. The quantitative estimate of drug-likeness (QED) is 0.783. The number of fused-ring (bicyclic) bond motifs is 1. The van der Waals surface area contributed by atoms with Crippen LogP contribution in [0.4, 0.5) is 5.82 Å². The molecule has 0 spiro atoms. The normalized spacial score (nSPS) is 22.9. The van der Waals surface area contributed by atoms with Crippen molar-refractivity contribution in [3.8, 4) is 0 Å². The Balaban J connectivity index is 1.75. The van der Waals surface area contributed by atoms with Crippen LogP contribution < -0.4 is 5.73 Å². The van der Waals surface area contributed by atoms with Crippen molar-refractivity contribution in [3.63, 3.8) is 0 Å². The minimum Gasteiger partial charge on any atom is -0.391 e. The number of rotatable bonds is 5. The molecule has 2 aromatic heterocycles. The number of β-amino-alcohol motifs (C(OH)–C–C–N with tert-alkyl or cyclic N) is 1. The van der Waals surface area contributed by atoms with Gasteiger partial charge >= 0.3 is 0 Å². The van der Waals surface area contributed by atoms with Gasteiger partial charge in [0.05, 0.1) is 11.6 Å². The van der Waals surface area contributed by atoms with Crippen LogP contribution >= 0.6 is 0 Å². The third kappa shape index (κ3) is 2.68. The third-order valence-corrected chi connectivity index (χ3v) is 5.03. The van der Waals surface area contributed by atoms with E-state index in [4.69, 9.17) is 5.73 Å². The van der Waals surface area contributed by atoms with Gasteiger partial charge in [-0.15, -0.1) is 0 Å². The number of nitrogens with one attached hydrogen (secondary N) is 1. The minimum absolute atomic E-state index is 0.227. The fourth-order valence-corrected chi connectivity index (χ4v) is 3.75. The van der Waals surface area contributed by atoms with Crippen molar-refractivity contribution in [1.29, 1.82) is 0 Å². The smallest absolute Gasteiger partial charge is 0.151 e. The number of aliphatic hydroxyl groups excluding tert-OH is 1. The number of hydrogen-bond acceptors (Lipinski definition) is 5. The summed E-state index contributed by atoms with van der Waals surface area (Å²) >= 11 is 0. The number of aliphatic hydroxyl groups is 1. The number of nitrogens with zero attached hydrogens (tertiary/aromatic N) is 3. The Morgan fingerprint density at radius 3 is 2.86 bits per heavy atom. The number of aromatic amines is 1. The Kier molecular flexibility index (Phi) is 4.31. The second kappa shape index (κ2) is 6.22. The maximum Gasteiger partial charge on any atom is 0.151 e. The Morgan fingerprint density at radius 2 is 2.14 bits per heavy atom. The van der Waals surface area contributed by atoms with E-state index in [2.05, 4.69) is 33.7 Å². The van der Waals surface area contributed by atoms with Gasteiger partial charge in [-0.2, -0.15) is 0 Å². The zero-order valence-corrected chi connectivity index (χ0v) is 13.3. The van der Waals surface area contributed by atoms with Crippen LogP contribution in [0.15, 0.2) is 12.5 Å². The first kappa shape index (κ1) is 15.2. The highest BCUT2D eigenvalue weighted by atomic mass is 16.3. The Labute approximate surface area is 130 Å². The van der Waals surface area contributed by atoms with E-state index in [1.54, 1.807) is 0 Å². The van der Waals surface area contributed by atoms with Gasteiger partial charge in [0.1, 0.15) is 11.8 Å². The number of hydrogen-bond donors (Lipinski definition) is 3. The van der Waals surface area contributed by atoms with Gasteiger partial charge < -0.3 is 15.8 Å². The summed E-state index contributed by atoms with van der Waals surface area (Å²) < 4.78 is 0. The monoisotopic (exact) mass is 303 g/mol. The fourth-order valence-electron chi connectivity index (χ4n) is 3.75. The predicted octanol–water partition coefficient (Wildman–Crippen LogP) is 1.77. The molecule has 1 aliphatic heterocycles. The summed E-state index contributed by atoms with van der Waals surface area (Å²) in [6.07, 6.45) is 5.48. The van der Waals surface area contributed by atoms with Crippen LogP contribution in [-0.2, 0) is 6.54 Å². The highest BCUT2D eigenvalue weighted by molar-refractivity contribution is 5.86. The number of aromatic nitrogens is 3. The van der Waals surface area contributed by atoms with E-state index in [0.29, 0.717) is 17.7 Å². The molecule has 2 aromatic rings. The molecule has 1 aliphatic rings. The summed E-state index contributed by atoms with van der Waals surface area (Å²) in [4.78, 5) is 13.8. The highest BCUT2D eigenvalue weighted by Gasteiger charge is 2.35. The standard InChI is InChI=1S/C16H25N5O/c1-3-10(4-2)12-7-21(8-13(12)22)6-11-5-18-15-14(11)19-9-20-16(15)17/h5,9-10,12-13,18,22H,3-4,6-8H2,1-2H3,(H2,17,19,20). The average molecular weight is 303 g/mol. The summed E-state index contributed by atoms with van der Waals surface area (Å²) in [6.45, 7) is 6.88. The van der Waals surface area contributed by atoms with E-state index in [1.807, 2.05) is 6.20 Å². The van der Waals surface area contributed by atoms with Crippen molar-refractivity contribution in [3.05, 3.63) is 18.1 Å². The third-order valence-electron chi connectivity index (χ3n) is 5.03. The molecule has 3 heterocycles. The lowest BCUT2D eigenvalue weighted by Gasteiger charge is -2.23. The van der Waals surface area contributed by atoms with Crippen LogP contribution in [0.5, 0.6) is 0 Å². The second-order valence-electron chi connectivity index (χ2n) is 6.30. The van der Waals surface area contributed by atoms with Gasteiger partial charge in [0.25, 0.3) is 0 Å². The van der Waals surface area contributed by atoms with E-state index in [0.717, 1.165) is 49.1 Å². The summed E-state index contributed by atoms with van der Waals surface area (Å²) in [5.41, 5.74) is 8.66. The van der Waals surface area contributed by atoms with Crippen LogP contribution in [0.3, 0.4) is 0 Å². The molecular formula is C16H25N5O. The maximum atomic E-state index is 10.4. The summed E-state index contributed by atoms with van der Waals surface area (Å²) in [6, 6.07) is 0. The lowest BCUT2D eigenvalue weighted by atomic mass is 9.86. The van der Waals surface area contributed by atoms with E-state index in [-0.39, 0.29) is 6.10 Å². The number of likely N-dealkylation sites (tertiary alicyclic amines) is 1. The van der Waals surface area contributed by atoms with E-state index in [1.165, 1.54) is 6.33 Å². The van der Waals surface area contributed by atoms with E-state index in [9.17, 15) is 5.11 Å². The Hall–Kier alpha value is -1.66. The molecule has 0 radical (unpaired) electrons. The summed E-state index contributed by atoms with van der Waals surface area (Å²) in [5, 5.41) is 10.4. The summed E-state index contributed by atoms with van der Waals surface area (Å²) in [5.74, 6) is 1.45. The number of nitrogens with two attached hydrogens (primary N) is 1. The average Bonchev–Trinajstić information content (AvgIpc) is 3.07. The summed E-state index contributed by atoms with van der Waals surface area (Å²) in [7, 11) is 0. The minimum atomic E-state index is -0.227. The van der Waals surface area contributed by atoms with Gasteiger partial charge in [-0.3, -0.25) is 4.90 Å². The molecular weight excluding hydrogens is 278 g/mol. The molecule has 3 rings (SSSR count). The van der Waals surface area contributed by atoms with Crippen LogP contribution in [-0.4, -0.2) is 44.2 Å². The van der Waals surface area contributed by atoms with Crippen molar-refractivity contribution in [2.45, 2.75) is 39.3 Å². The first-order chi connectivity index (χ1) is 10.6. The molecule has 22 heavy (non-hydrogen) atoms. The van der Waals surface area contributed by atoms with E-state index < -0.39 is 0 Å². The molecule has 6 heteroatoms. The first-order valence-corrected chi connectivity index (χ1v) is 8.10. The molecule has 4 N–H and O–H groups in total. The van der Waals surface area contributed by atoms with Crippen LogP contribution in [0.1, 0.15) is 32.3 Å². The van der Waals surface area contributed by atoms with E-state index >= 15 is 0 Å². The number of anilines is 1. The Morgan fingerprint density at radius 1 is 1.36 bits per heavy atom. The first-order valence-electron chi connectivity index (χ1n) is 8.10. The van der Waals surface area contributed by atoms with Crippen molar-refractivity contribution in [2.24, 2.45) is 11.8 Å². The lowest BCUT2D eigenvalue weighted by Crippen LogP contribution is -2.25. The largest absolute Gasteiger partial charge is 0.391 e. The zero-order valence-electron chi connectivity index (χ0n) is 13.3. The highest BCUT2D eigenvalue weighted by Crippen LogP contribution is 2.31. The molecule has 0 saturated carbocycles. The molecule has 120 valence electrons. The van der Waals surface area contributed by atoms with Gasteiger partial charge in [-0.05, 0) is 5.92 Å². The molecule has 1 saturated heterocycles. The van der Waals surface area contributed by atoms with Gasteiger partial charge in [-0.1, -0.05) is 26.7 Å². The molecule has 0 aromatic carbocycles. The van der Waals surface area contributed by atoms with Gasteiger partial charge in [-0.25, -0.2) is 9.97 Å². The molecule has 0 bridgehead atoms. The van der Waals surface area contributed by atoms with Crippen molar-refractivity contribution >= 4 is 16.9 Å². The van der Waals surface area contributed by atoms with Gasteiger partial charge in [0.15, 0.2) is 5.82 Å². The van der Waals surface area contributed by atoms with Crippen molar-refractivity contribution in [2.75, 3.05) is 18.8 Å². The molecule has 6 nitrogen and oxygen atoms in total. The SMILES string of the molecule is CCC(CC)C1CN(Cc2c[nH]c3c(N)ncnc23)CC1O. The molecule has 0 aliphatic carbocycles. The predicted molar refractivity (Wildman–Crippen MR) is 87.1 cm³/mol. The second-order valence-corrected chi connectivity index (χ2v) is 6.30. The molecule has 0 amide bonds. The lowest BCUT2D eigenvalue weighted by molar-refractivity contribution is 0.108. The Bertz CT molecular complexity index is 636. The van der Waals surface area contributed by atoms with Crippen LogP contribution in [0, 0.1) is 11.8 Å². The number of H-pyrrole nitrogens is 1.